The van der Waals surface area contributed by atoms with Crippen LogP contribution < -0.4 is 10.6 Å². The van der Waals surface area contributed by atoms with Crippen molar-refractivity contribution in [2.75, 3.05) is 13.1 Å². The van der Waals surface area contributed by atoms with Gasteiger partial charge in [0.2, 0.25) is 0 Å². The van der Waals surface area contributed by atoms with Crippen LogP contribution in [0, 0.1) is 0 Å². The number of fused-ring (bicyclic) bond motifs is 2. The molecular formula is C6H12N2. The van der Waals surface area contributed by atoms with E-state index in [0.717, 1.165) is 12.1 Å². The first kappa shape index (κ1) is 4.77. The Morgan fingerprint density at radius 2 is 2.12 bits per heavy atom. The average molecular weight is 112 g/mol. The first-order valence-corrected chi connectivity index (χ1v) is 3.42. The van der Waals surface area contributed by atoms with Gasteiger partial charge in [0, 0.05) is 18.6 Å². The van der Waals surface area contributed by atoms with E-state index in [1.165, 1.54) is 25.9 Å². The second-order valence-corrected chi connectivity index (χ2v) is 2.78. The van der Waals surface area contributed by atoms with Crippen molar-refractivity contribution in [3.05, 3.63) is 0 Å². The molecule has 2 N–H and O–H groups in total. The number of hydrogen-bond acceptors (Lipinski definition) is 2. The molecule has 2 aliphatic heterocycles. The Morgan fingerprint density at radius 3 is 2.88 bits per heavy atom. The van der Waals surface area contributed by atoms with Crippen molar-refractivity contribution in [1.82, 2.24) is 10.6 Å². The highest BCUT2D eigenvalue weighted by atomic mass is 15.1. The van der Waals surface area contributed by atoms with Gasteiger partial charge < -0.3 is 10.6 Å². The monoisotopic (exact) mass is 112 g/mol. The van der Waals surface area contributed by atoms with E-state index in [0.29, 0.717) is 0 Å². The fourth-order valence-electron chi connectivity index (χ4n) is 1.66. The molecule has 0 amide bonds. The third kappa shape index (κ3) is 0.644. The highest BCUT2D eigenvalue weighted by molar-refractivity contribution is 4.90. The topological polar surface area (TPSA) is 24.1 Å². The van der Waals surface area contributed by atoms with E-state index >= 15 is 0 Å². The summed E-state index contributed by atoms with van der Waals surface area (Å²) in [5.74, 6) is 0. The number of rotatable bonds is 0. The molecular weight excluding hydrogens is 100 g/mol. The first-order chi connectivity index (χ1) is 3.95. The summed E-state index contributed by atoms with van der Waals surface area (Å²) < 4.78 is 0. The summed E-state index contributed by atoms with van der Waals surface area (Å²) >= 11 is 0. The Kier molecular flexibility index (Phi) is 1.02. The van der Waals surface area contributed by atoms with Gasteiger partial charge in [-0.2, -0.15) is 0 Å². The van der Waals surface area contributed by atoms with Crippen molar-refractivity contribution in [3.8, 4) is 0 Å². The number of nitrogens with one attached hydrogen (secondary N) is 2. The largest absolute Gasteiger partial charge is 0.313 e. The summed E-state index contributed by atoms with van der Waals surface area (Å²) in [6.45, 7) is 2.42. The van der Waals surface area contributed by atoms with Crippen molar-refractivity contribution < 1.29 is 0 Å². The molecule has 2 atom stereocenters. The Hall–Kier alpha value is -0.0800. The zero-order valence-corrected chi connectivity index (χ0v) is 4.98. The van der Waals surface area contributed by atoms with Crippen LogP contribution in [-0.4, -0.2) is 25.2 Å². The van der Waals surface area contributed by atoms with Crippen molar-refractivity contribution in [2.45, 2.75) is 24.9 Å². The molecule has 2 heteroatoms. The smallest absolute Gasteiger partial charge is 0.0207 e. The summed E-state index contributed by atoms with van der Waals surface area (Å²) in [4.78, 5) is 0. The second kappa shape index (κ2) is 1.71. The molecule has 2 heterocycles. The third-order valence-corrected chi connectivity index (χ3v) is 2.15. The Bertz CT molecular complexity index is 78.5. The van der Waals surface area contributed by atoms with Crippen LogP contribution in [0.4, 0.5) is 0 Å². The zero-order chi connectivity index (χ0) is 5.40. The van der Waals surface area contributed by atoms with Crippen molar-refractivity contribution >= 4 is 0 Å². The predicted octanol–water partition coefficient (Wildman–Crippen LogP) is -0.290. The Morgan fingerprint density at radius 1 is 1.12 bits per heavy atom. The molecule has 2 aliphatic rings. The van der Waals surface area contributed by atoms with Gasteiger partial charge in [-0.05, 0) is 19.4 Å². The summed E-state index contributed by atoms with van der Waals surface area (Å²) in [5.41, 5.74) is 0. The lowest BCUT2D eigenvalue weighted by molar-refractivity contribution is 0.441. The molecule has 2 rings (SSSR count). The second-order valence-electron chi connectivity index (χ2n) is 2.78. The number of piperidine rings is 1. The van der Waals surface area contributed by atoms with Gasteiger partial charge in [-0.3, -0.25) is 0 Å². The van der Waals surface area contributed by atoms with Gasteiger partial charge in [0.05, 0.1) is 0 Å². The lowest BCUT2D eigenvalue weighted by Gasteiger charge is -2.17. The summed E-state index contributed by atoms with van der Waals surface area (Å²) in [6, 6.07) is 1.65. The van der Waals surface area contributed by atoms with Crippen molar-refractivity contribution in [2.24, 2.45) is 0 Å². The molecule has 0 unspecified atom stereocenters. The molecule has 8 heavy (non-hydrogen) atoms. The summed E-state index contributed by atoms with van der Waals surface area (Å²) in [6.07, 6.45) is 2.69. The average Bonchev–Trinajstić information content (AvgIpc) is 2.12. The first-order valence-electron chi connectivity index (χ1n) is 3.42. The maximum Gasteiger partial charge on any atom is 0.0207 e. The normalized spacial score (nSPS) is 45.0. The van der Waals surface area contributed by atoms with Gasteiger partial charge in [-0.1, -0.05) is 0 Å². The van der Waals surface area contributed by atoms with Crippen LogP contribution in [0.1, 0.15) is 12.8 Å². The Labute approximate surface area is 49.7 Å². The minimum absolute atomic E-state index is 0.800. The number of hydrogen-bond donors (Lipinski definition) is 2. The van der Waals surface area contributed by atoms with Crippen molar-refractivity contribution in [3.63, 3.8) is 0 Å². The molecule has 0 saturated carbocycles. The lowest BCUT2D eigenvalue weighted by atomic mass is 10.1. The molecule has 0 spiro atoms. The fraction of sp³-hybridized carbons (Fsp3) is 1.00. The minimum Gasteiger partial charge on any atom is -0.313 e. The van der Waals surface area contributed by atoms with Crippen LogP contribution in [-0.2, 0) is 0 Å². The fourth-order valence-corrected chi connectivity index (χ4v) is 1.66. The van der Waals surface area contributed by atoms with E-state index in [2.05, 4.69) is 10.6 Å². The van der Waals surface area contributed by atoms with Gasteiger partial charge in [-0.15, -0.1) is 0 Å². The van der Waals surface area contributed by atoms with Crippen LogP contribution in [0.2, 0.25) is 0 Å². The molecule has 0 aromatic carbocycles. The van der Waals surface area contributed by atoms with E-state index < -0.39 is 0 Å². The van der Waals surface area contributed by atoms with E-state index in [4.69, 9.17) is 0 Å². The van der Waals surface area contributed by atoms with E-state index in [1.54, 1.807) is 0 Å². The van der Waals surface area contributed by atoms with Gasteiger partial charge in [0.1, 0.15) is 0 Å². The molecule has 2 saturated heterocycles. The van der Waals surface area contributed by atoms with Crippen LogP contribution in [0.25, 0.3) is 0 Å². The van der Waals surface area contributed by atoms with Crippen LogP contribution in [0.15, 0.2) is 0 Å². The van der Waals surface area contributed by atoms with E-state index in [-0.39, 0.29) is 0 Å². The molecule has 2 bridgehead atoms. The maximum atomic E-state index is 3.46. The van der Waals surface area contributed by atoms with Gasteiger partial charge >= 0.3 is 0 Å². The zero-order valence-electron chi connectivity index (χ0n) is 4.98. The standard InChI is InChI=1S/C6H12N2/c1-2-7-6-3-5(1)8-4-6/h5-8H,1-4H2/t5-,6+/m1/s1. The van der Waals surface area contributed by atoms with Crippen molar-refractivity contribution in [1.29, 1.82) is 0 Å². The van der Waals surface area contributed by atoms with Crippen LogP contribution in [0.5, 0.6) is 0 Å². The highest BCUT2D eigenvalue weighted by Crippen LogP contribution is 2.13. The molecule has 2 nitrogen and oxygen atoms in total. The van der Waals surface area contributed by atoms with Crippen LogP contribution >= 0.6 is 0 Å². The SMILES string of the molecule is C1C[C@@H]2C[C@@H](CN2)N1. The molecule has 46 valence electrons. The summed E-state index contributed by atoms with van der Waals surface area (Å²) in [7, 11) is 0. The molecule has 2 fully saturated rings. The Balaban J connectivity index is 2.03. The minimum atomic E-state index is 0.800. The predicted molar refractivity (Wildman–Crippen MR) is 32.8 cm³/mol. The van der Waals surface area contributed by atoms with Gasteiger partial charge in [0.25, 0.3) is 0 Å². The van der Waals surface area contributed by atoms with Gasteiger partial charge in [0.15, 0.2) is 0 Å². The summed E-state index contributed by atoms with van der Waals surface area (Å²) in [5, 5.41) is 6.90. The molecule has 0 aromatic heterocycles. The third-order valence-electron chi connectivity index (χ3n) is 2.15. The van der Waals surface area contributed by atoms with E-state index in [9.17, 15) is 0 Å². The van der Waals surface area contributed by atoms with Gasteiger partial charge in [-0.25, -0.2) is 0 Å². The quantitative estimate of drug-likeness (QED) is 0.450. The lowest BCUT2D eigenvalue weighted by Crippen LogP contribution is -2.34. The highest BCUT2D eigenvalue weighted by Gasteiger charge is 2.26. The molecule has 0 radical (unpaired) electrons. The molecule has 0 aliphatic carbocycles. The molecule has 0 aromatic rings. The van der Waals surface area contributed by atoms with E-state index in [1.807, 2.05) is 0 Å². The maximum absolute atomic E-state index is 3.46. The van der Waals surface area contributed by atoms with Crippen LogP contribution in [0.3, 0.4) is 0 Å².